The second-order valence-electron chi connectivity index (χ2n) is 7.61. The molecule has 0 heterocycles. The van der Waals surface area contributed by atoms with Gasteiger partial charge in [-0.25, -0.2) is 0 Å². The fraction of sp³-hybridized carbons (Fsp3) is 0.889. The van der Waals surface area contributed by atoms with Gasteiger partial charge in [-0.15, -0.1) is 0 Å². The number of ether oxygens (including phenoxy) is 2. The Kier molecular flexibility index (Phi) is 5.87. The smallest absolute Gasteiger partial charge is 0.311 e. The summed E-state index contributed by atoms with van der Waals surface area (Å²) < 4.78 is 10.8. The zero-order valence-electron chi connectivity index (χ0n) is 14.2. The predicted octanol–water partition coefficient (Wildman–Crippen LogP) is 3.87. The van der Waals surface area contributed by atoms with Gasteiger partial charge in [0.05, 0.1) is 11.8 Å². The van der Waals surface area contributed by atoms with E-state index in [0.717, 1.165) is 31.1 Å². The van der Waals surface area contributed by atoms with Gasteiger partial charge in [0.2, 0.25) is 0 Å². The third-order valence-electron chi connectivity index (χ3n) is 5.36. The molecule has 0 aromatic rings. The second kappa shape index (κ2) is 7.47. The van der Waals surface area contributed by atoms with Gasteiger partial charge in [0.1, 0.15) is 12.7 Å². The Morgan fingerprint density at radius 3 is 2.32 bits per heavy atom. The van der Waals surface area contributed by atoms with Crippen molar-refractivity contribution in [1.82, 2.24) is 0 Å². The number of carbonyl (C=O) groups is 2. The molecule has 0 saturated heterocycles. The predicted molar refractivity (Wildman–Crippen MR) is 84.2 cm³/mol. The largest absolute Gasteiger partial charge is 0.465 e. The van der Waals surface area contributed by atoms with E-state index in [2.05, 4.69) is 0 Å². The highest BCUT2D eigenvalue weighted by Gasteiger charge is 2.33. The molecule has 0 aromatic carbocycles. The average Bonchev–Trinajstić information content (AvgIpc) is 2.46. The van der Waals surface area contributed by atoms with Crippen LogP contribution in [0.1, 0.15) is 72.1 Å². The highest BCUT2D eigenvalue weighted by atomic mass is 16.6. The maximum absolute atomic E-state index is 11.9. The van der Waals surface area contributed by atoms with Gasteiger partial charge in [0, 0.05) is 0 Å². The summed E-state index contributed by atoms with van der Waals surface area (Å²) in [4.78, 5) is 23.7. The molecular formula is C18H30O4. The van der Waals surface area contributed by atoms with E-state index >= 15 is 0 Å². The Morgan fingerprint density at radius 2 is 1.73 bits per heavy atom. The molecule has 0 amide bonds. The lowest BCUT2D eigenvalue weighted by Gasteiger charge is -2.38. The van der Waals surface area contributed by atoms with Crippen LogP contribution in [-0.4, -0.2) is 24.6 Å². The van der Waals surface area contributed by atoms with Gasteiger partial charge in [0.15, 0.2) is 0 Å². The lowest BCUT2D eigenvalue weighted by Crippen LogP contribution is -2.33. The first-order valence-corrected chi connectivity index (χ1v) is 8.77. The van der Waals surface area contributed by atoms with E-state index < -0.39 is 5.41 Å². The van der Waals surface area contributed by atoms with Crippen molar-refractivity contribution in [3.63, 3.8) is 0 Å². The molecule has 2 unspecified atom stereocenters. The van der Waals surface area contributed by atoms with Crippen LogP contribution in [0.5, 0.6) is 0 Å². The van der Waals surface area contributed by atoms with E-state index in [4.69, 9.17) is 9.47 Å². The Labute approximate surface area is 133 Å². The van der Waals surface area contributed by atoms with Crippen LogP contribution in [0.25, 0.3) is 0 Å². The number of carbonyl (C=O) groups excluding carboxylic acids is 2. The van der Waals surface area contributed by atoms with Crippen molar-refractivity contribution in [1.29, 1.82) is 0 Å². The molecule has 2 atom stereocenters. The van der Waals surface area contributed by atoms with Crippen LogP contribution < -0.4 is 0 Å². The van der Waals surface area contributed by atoms with Gasteiger partial charge in [-0.05, 0) is 51.4 Å². The van der Waals surface area contributed by atoms with Crippen molar-refractivity contribution in [2.24, 2.45) is 17.3 Å². The monoisotopic (exact) mass is 310 g/mol. The van der Waals surface area contributed by atoms with Gasteiger partial charge >= 0.3 is 11.9 Å². The molecular weight excluding hydrogens is 280 g/mol. The molecule has 0 aromatic heterocycles. The SMILES string of the molecule is CCC(C)(C)C(=O)OCCC(=O)OC1CC2CCCC(C2)C1. The maximum atomic E-state index is 11.9. The van der Waals surface area contributed by atoms with E-state index in [9.17, 15) is 9.59 Å². The van der Waals surface area contributed by atoms with Crippen molar-refractivity contribution < 1.29 is 19.1 Å². The quantitative estimate of drug-likeness (QED) is 0.699. The Hall–Kier alpha value is -1.06. The lowest BCUT2D eigenvalue weighted by atomic mass is 9.71. The molecule has 4 heteroatoms. The first kappa shape index (κ1) is 17.3. The minimum atomic E-state index is -0.481. The molecule has 0 N–H and O–H groups in total. The molecule has 2 aliphatic rings. The average molecular weight is 310 g/mol. The first-order chi connectivity index (χ1) is 10.4. The summed E-state index contributed by atoms with van der Waals surface area (Å²) in [5.41, 5.74) is -0.481. The van der Waals surface area contributed by atoms with Crippen LogP contribution in [0.15, 0.2) is 0 Å². The van der Waals surface area contributed by atoms with Crippen LogP contribution in [0.3, 0.4) is 0 Å². The number of hydrogen-bond acceptors (Lipinski definition) is 4. The minimum Gasteiger partial charge on any atom is -0.465 e. The van der Waals surface area contributed by atoms with E-state index in [1.54, 1.807) is 0 Å². The van der Waals surface area contributed by atoms with Gasteiger partial charge in [0.25, 0.3) is 0 Å². The number of fused-ring (bicyclic) bond motifs is 2. The topological polar surface area (TPSA) is 52.6 Å². The summed E-state index contributed by atoms with van der Waals surface area (Å²) in [6.45, 7) is 5.79. The normalized spacial score (nSPS) is 28.0. The standard InChI is InChI=1S/C18H30O4/c1-4-18(2,3)17(20)21-9-8-16(19)22-15-11-13-6-5-7-14(10-13)12-15/h13-15H,4-12H2,1-3H3. The van der Waals surface area contributed by atoms with E-state index in [1.807, 2.05) is 20.8 Å². The van der Waals surface area contributed by atoms with Crippen molar-refractivity contribution in [3.8, 4) is 0 Å². The van der Waals surface area contributed by atoms with Crippen LogP contribution in [-0.2, 0) is 19.1 Å². The summed E-state index contributed by atoms with van der Waals surface area (Å²) in [5.74, 6) is 1.02. The lowest BCUT2D eigenvalue weighted by molar-refractivity contribution is -0.159. The molecule has 0 aliphatic heterocycles. The molecule has 22 heavy (non-hydrogen) atoms. The molecule has 126 valence electrons. The fourth-order valence-corrected chi connectivity index (χ4v) is 3.58. The van der Waals surface area contributed by atoms with Gasteiger partial charge in [-0.1, -0.05) is 26.2 Å². The maximum Gasteiger partial charge on any atom is 0.311 e. The van der Waals surface area contributed by atoms with E-state index in [0.29, 0.717) is 0 Å². The summed E-state index contributed by atoms with van der Waals surface area (Å²) in [6, 6.07) is 0. The molecule has 2 saturated carbocycles. The number of esters is 2. The molecule has 2 fully saturated rings. The molecule has 0 radical (unpaired) electrons. The third-order valence-corrected chi connectivity index (χ3v) is 5.36. The van der Waals surface area contributed by atoms with Crippen LogP contribution >= 0.6 is 0 Å². The molecule has 4 nitrogen and oxygen atoms in total. The van der Waals surface area contributed by atoms with Crippen LogP contribution in [0.4, 0.5) is 0 Å². The zero-order chi connectivity index (χ0) is 16.2. The summed E-state index contributed by atoms with van der Waals surface area (Å²) >= 11 is 0. The highest BCUT2D eigenvalue weighted by Crippen LogP contribution is 2.40. The fourth-order valence-electron chi connectivity index (χ4n) is 3.58. The molecule has 2 rings (SSSR count). The Bertz CT molecular complexity index is 390. The zero-order valence-corrected chi connectivity index (χ0v) is 14.2. The molecule has 0 spiro atoms. The number of hydrogen-bond donors (Lipinski definition) is 0. The van der Waals surface area contributed by atoms with Gasteiger partial charge < -0.3 is 9.47 Å². The van der Waals surface area contributed by atoms with Crippen LogP contribution in [0.2, 0.25) is 0 Å². The molecule has 2 bridgehead atoms. The second-order valence-corrected chi connectivity index (χ2v) is 7.61. The van der Waals surface area contributed by atoms with Crippen molar-refractivity contribution >= 4 is 11.9 Å². The van der Waals surface area contributed by atoms with Crippen molar-refractivity contribution in [2.45, 2.75) is 78.2 Å². The summed E-state index contributed by atoms with van der Waals surface area (Å²) in [6.07, 6.45) is 8.23. The van der Waals surface area contributed by atoms with E-state index in [1.165, 1.54) is 25.7 Å². The molecule has 2 aliphatic carbocycles. The summed E-state index contributed by atoms with van der Waals surface area (Å²) in [7, 11) is 0. The van der Waals surface area contributed by atoms with E-state index in [-0.39, 0.29) is 31.1 Å². The van der Waals surface area contributed by atoms with Gasteiger partial charge in [-0.2, -0.15) is 0 Å². The Morgan fingerprint density at radius 1 is 1.09 bits per heavy atom. The Balaban J connectivity index is 1.67. The van der Waals surface area contributed by atoms with Crippen molar-refractivity contribution in [3.05, 3.63) is 0 Å². The van der Waals surface area contributed by atoms with Gasteiger partial charge in [-0.3, -0.25) is 9.59 Å². The van der Waals surface area contributed by atoms with Crippen LogP contribution in [0, 0.1) is 17.3 Å². The summed E-state index contributed by atoms with van der Waals surface area (Å²) in [5, 5.41) is 0. The highest BCUT2D eigenvalue weighted by molar-refractivity contribution is 5.76. The third kappa shape index (κ3) is 4.72. The van der Waals surface area contributed by atoms with Crippen molar-refractivity contribution in [2.75, 3.05) is 6.61 Å². The minimum absolute atomic E-state index is 0.0827. The first-order valence-electron chi connectivity index (χ1n) is 8.77. The number of rotatable bonds is 6.